The van der Waals surface area contributed by atoms with E-state index in [4.69, 9.17) is 10.5 Å². The molecule has 1 aromatic carbocycles. The minimum Gasteiger partial charge on any atom is -0.480 e. The number of nitrogens with zero attached hydrogens (tertiary/aromatic N) is 1. The van der Waals surface area contributed by atoms with Crippen LogP contribution in [0, 0.1) is 5.41 Å². The highest BCUT2D eigenvalue weighted by Crippen LogP contribution is 2.29. The summed E-state index contributed by atoms with van der Waals surface area (Å²) >= 11 is 0. The van der Waals surface area contributed by atoms with Crippen molar-refractivity contribution in [2.45, 2.75) is 33.3 Å². The highest BCUT2D eigenvalue weighted by atomic mass is 16.5. The summed E-state index contributed by atoms with van der Waals surface area (Å²) in [6.07, 6.45) is 0.273. The van der Waals surface area contributed by atoms with Crippen LogP contribution in [0.3, 0.4) is 0 Å². The number of fused-ring (bicyclic) bond motifs is 1. The minimum atomic E-state index is -0.388. The van der Waals surface area contributed by atoms with E-state index >= 15 is 0 Å². The van der Waals surface area contributed by atoms with Gasteiger partial charge in [-0.05, 0) is 30.5 Å². The summed E-state index contributed by atoms with van der Waals surface area (Å²) in [5, 5.41) is 0. The summed E-state index contributed by atoms with van der Waals surface area (Å²) in [5.41, 5.74) is 6.80. The van der Waals surface area contributed by atoms with Gasteiger partial charge in [0.15, 0.2) is 6.10 Å². The van der Waals surface area contributed by atoms with Crippen molar-refractivity contribution in [2.24, 2.45) is 11.1 Å². The first-order chi connectivity index (χ1) is 9.46. The van der Waals surface area contributed by atoms with Gasteiger partial charge in [0.2, 0.25) is 0 Å². The van der Waals surface area contributed by atoms with Crippen molar-refractivity contribution in [3.8, 4) is 5.75 Å². The predicted molar refractivity (Wildman–Crippen MR) is 79.7 cm³/mol. The molecule has 20 heavy (non-hydrogen) atoms. The molecule has 0 aliphatic carbocycles. The van der Waals surface area contributed by atoms with Gasteiger partial charge in [-0.15, -0.1) is 0 Å². The van der Waals surface area contributed by atoms with Crippen LogP contribution < -0.4 is 10.5 Å². The van der Waals surface area contributed by atoms with Gasteiger partial charge in [-0.3, -0.25) is 4.79 Å². The van der Waals surface area contributed by atoms with Crippen LogP contribution in [0.5, 0.6) is 5.75 Å². The number of carbonyl (C=O) groups excluding carboxylic acids is 1. The number of benzene rings is 1. The molecule has 1 amide bonds. The van der Waals surface area contributed by atoms with Crippen molar-refractivity contribution in [3.63, 3.8) is 0 Å². The molecule has 0 bridgehead atoms. The number of rotatable bonds is 5. The lowest BCUT2D eigenvalue weighted by molar-refractivity contribution is -0.139. The molecular weight excluding hydrogens is 252 g/mol. The Hall–Kier alpha value is -1.55. The Kier molecular flexibility index (Phi) is 4.33. The Bertz CT molecular complexity index is 460. The number of hydrogen-bond donors (Lipinski definition) is 1. The average molecular weight is 276 g/mol. The second kappa shape index (κ2) is 5.83. The van der Waals surface area contributed by atoms with Crippen LogP contribution in [0.1, 0.15) is 26.3 Å². The van der Waals surface area contributed by atoms with Gasteiger partial charge in [0.25, 0.3) is 5.91 Å². The van der Waals surface area contributed by atoms with Crippen molar-refractivity contribution < 1.29 is 9.53 Å². The van der Waals surface area contributed by atoms with Gasteiger partial charge in [-0.25, -0.2) is 0 Å². The van der Waals surface area contributed by atoms with Gasteiger partial charge in [-0.2, -0.15) is 0 Å². The molecule has 2 rings (SSSR count). The van der Waals surface area contributed by atoms with Crippen molar-refractivity contribution in [2.75, 3.05) is 19.6 Å². The number of carbonyl (C=O) groups is 1. The number of likely N-dealkylation sites (N-methyl/N-ethyl adjacent to an activating group) is 1. The van der Waals surface area contributed by atoms with Crippen LogP contribution >= 0.6 is 0 Å². The zero-order valence-corrected chi connectivity index (χ0v) is 12.6. The fourth-order valence-corrected chi connectivity index (χ4v) is 2.45. The van der Waals surface area contributed by atoms with E-state index < -0.39 is 0 Å². The molecule has 0 aromatic heterocycles. The third-order valence-electron chi connectivity index (χ3n) is 3.79. The van der Waals surface area contributed by atoms with Crippen molar-refractivity contribution >= 4 is 5.91 Å². The van der Waals surface area contributed by atoms with E-state index in [9.17, 15) is 4.79 Å². The molecule has 1 atom stereocenters. The summed E-state index contributed by atoms with van der Waals surface area (Å²) in [5.74, 6) is 0.894. The predicted octanol–water partition coefficient (Wildman–Crippen LogP) is 1.82. The smallest absolute Gasteiger partial charge is 0.264 e. The molecule has 2 N–H and O–H groups in total. The fraction of sp³-hybridized carbons (Fsp3) is 0.562. The lowest BCUT2D eigenvalue weighted by Crippen LogP contribution is -2.47. The van der Waals surface area contributed by atoms with Crippen LogP contribution in [0.4, 0.5) is 0 Å². The highest BCUT2D eigenvalue weighted by molar-refractivity contribution is 5.82. The summed E-state index contributed by atoms with van der Waals surface area (Å²) in [6, 6.07) is 7.84. The third-order valence-corrected chi connectivity index (χ3v) is 3.79. The lowest BCUT2D eigenvalue weighted by atomic mass is 9.93. The van der Waals surface area contributed by atoms with E-state index in [1.54, 1.807) is 0 Å². The zero-order valence-electron chi connectivity index (χ0n) is 12.6. The molecule has 1 heterocycles. The van der Waals surface area contributed by atoms with E-state index in [0.29, 0.717) is 26.1 Å². The molecule has 4 nitrogen and oxygen atoms in total. The molecule has 1 aliphatic heterocycles. The van der Waals surface area contributed by atoms with Crippen LogP contribution in [-0.4, -0.2) is 36.5 Å². The number of ether oxygens (including phenoxy) is 1. The first-order valence-electron chi connectivity index (χ1n) is 7.20. The Labute approximate surface area is 120 Å². The molecule has 110 valence electrons. The number of nitrogens with two attached hydrogens (primary N) is 1. The van der Waals surface area contributed by atoms with Gasteiger partial charge in [0.05, 0.1) is 0 Å². The monoisotopic (exact) mass is 276 g/mol. The number of amides is 1. The maximum absolute atomic E-state index is 12.6. The molecule has 1 unspecified atom stereocenters. The first kappa shape index (κ1) is 14.9. The molecule has 0 saturated carbocycles. The topological polar surface area (TPSA) is 55.6 Å². The average Bonchev–Trinajstić information content (AvgIpc) is 2.88. The van der Waals surface area contributed by atoms with E-state index in [-0.39, 0.29) is 17.4 Å². The van der Waals surface area contributed by atoms with Crippen molar-refractivity contribution in [1.82, 2.24) is 4.90 Å². The molecular formula is C16H24N2O2. The second-order valence-electron chi connectivity index (χ2n) is 6.14. The summed E-state index contributed by atoms with van der Waals surface area (Å²) in [7, 11) is 0. The molecule has 1 aromatic rings. The largest absolute Gasteiger partial charge is 0.480 e. The Morgan fingerprint density at radius 1 is 1.45 bits per heavy atom. The van der Waals surface area contributed by atoms with E-state index in [0.717, 1.165) is 11.3 Å². The van der Waals surface area contributed by atoms with Gasteiger partial charge >= 0.3 is 0 Å². The molecule has 0 spiro atoms. The SMILES string of the molecule is CCN(CC(C)(C)CN)C(=O)C1Cc2ccccc2O1. The first-order valence-corrected chi connectivity index (χ1v) is 7.20. The van der Waals surface area contributed by atoms with Gasteiger partial charge in [0, 0.05) is 19.5 Å². The van der Waals surface area contributed by atoms with Crippen molar-refractivity contribution in [1.29, 1.82) is 0 Å². The van der Waals surface area contributed by atoms with E-state index in [1.165, 1.54) is 0 Å². The lowest BCUT2D eigenvalue weighted by Gasteiger charge is -2.32. The number of hydrogen-bond acceptors (Lipinski definition) is 3. The second-order valence-corrected chi connectivity index (χ2v) is 6.14. The van der Waals surface area contributed by atoms with Gasteiger partial charge in [-0.1, -0.05) is 32.0 Å². The summed E-state index contributed by atoms with van der Waals surface area (Å²) in [4.78, 5) is 14.4. The molecule has 4 heteroatoms. The van der Waals surface area contributed by atoms with Crippen molar-refractivity contribution in [3.05, 3.63) is 29.8 Å². The van der Waals surface area contributed by atoms with E-state index in [2.05, 4.69) is 13.8 Å². The fourth-order valence-electron chi connectivity index (χ4n) is 2.45. The van der Waals surface area contributed by atoms with Gasteiger partial charge in [0.1, 0.15) is 5.75 Å². The zero-order chi connectivity index (χ0) is 14.8. The minimum absolute atomic E-state index is 0.0604. The van der Waals surface area contributed by atoms with Crippen LogP contribution in [-0.2, 0) is 11.2 Å². The molecule has 0 fully saturated rings. The summed E-state index contributed by atoms with van der Waals surface area (Å²) in [6.45, 7) is 8.04. The van der Waals surface area contributed by atoms with E-state index in [1.807, 2.05) is 36.1 Å². The Balaban J connectivity index is 2.04. The highest BCUT2D eigenvalue weighted by Gasteiger charge is 2.33. The molecule has 1 aliphatic rings. The van der Waals surface area contributed by atoms with Gasteiger partial charge < -0.3 is 15.4 Å². The van der Waals surface area contributed by atoms with Crippen LogP contribution in [0.25, 0.3) is 0 Å². The number of para-hydroxylation sites is 1. The van der Waals surface area contributed by atoms with Crippen LogP contribution in [0.15, 0.2) is 24.3 Å². The van der Waals surface area contributed by atoms with Crippen LogP contribution in [0.2, 0.25) is 0 Å². The quantitative estimate of drug-likeness (QED) is 0.892. The Morgan fingerprint density at radius 3 is 2.75 bits per heavy atom. The maximum Gasteiger partial charge on any atom is 0.264 e. The maximum atomic E-state index is 12.6. The molecule has 0 radical (unpaired) electrons. The molecule has 0 saturated heterocycles. The third kappa shape index (κ3) is 3.12. The Morgan fingerprint density at radius 2 is 2.15 bits per heavy atom. The standard InChI is InChI=1S/C16H24N2O2/c1-4-18(11-16(2,3)10-17)15(19)14-9-12-7-5-6-8-13(12)20-14/h5-8,14H,4,9-11,17H2,1-3H3. The normalized spacial score (nSPS) is 17.5. The summed E-state index contributed by atoms with van der Waals surface area (Å²) < 4.78 is 5.78.